The van der Waals surface area contributed by atoms with Crippen molar-refractivity contribution in [2.75, 3.05) is 18.0 Å². The van der Waals surface area contributed by atoms with Crippen molar-refractivity contribution >= 4 is 5.82 Å². The summed E-state index contributed by atoms with van der Waals surface area (Å²) in [6.07, 6.45) is 3.69. The summed E-state index contributed by atoms with van der Waals surface area (Å²) >= 11 is 0. The van der Waals surface area contributed by atoms with Crippen LogP contribution in [0, 0.1) is 13.8 Å². The summed E-state index contributed by atoms with van der Waals surface area (Å²) in [5.74, 6) is 1.20. The second kappa shape index (κ2) is 6.13. The Labute approximate surface area is 123 Å². The average molecular weight is 275 g/mol. The molecule has 0 saturated carbocycles. The number of nitrogens with one attached hydrogen (secondary N) is 1. The molecule has 112 valence electrons. The zero-order chi connectivity index (χ0) is 14.8. The molecule has 1 aromatic heterocycles. The number of hydrogen-bond donors (Lipinski definition) is 1. The highest BCUT2D eigenvalue weighted by Crippen LogP contribution is 2.35. The van der Waals surface area contributed by atoms with E-state index in [4.69, 9.17) is 4.98 Å². The number of pyridine rings is 1. The normalized spacial score (nSPS) is 17.8. The minimum atomic E-state index is 0.229. The summed E-state index contributed by atoms with van der Waals surface area (Å²) in [5.41, 5.74) is 4.09. The molecule has 0 bridgehead atoms. The van der Waals surface area contributed by atoms with Crippen molar-refractivity contribution in [2.45, 2.75) is 66.0 Å². The lowest BCUT2D eigenvalue weighted by molar-refractivity contribution is 0.511. The lowest BCUT2D eigenvalue weighted by Gasteiger charge is -2.35. The van der Waals surface area contributed by atoms with Crippen LogP contribution in [0.3, 0.4) is 0 Å². The van der Waals surface area contributed by atoms with E-state index in [1.54, 1.807) is 0 Å². The van der Waals surface area contributed by atoms with Crippen molar-refractivity contribution in [1.82, 2.24) is 10.3 Å². The van der Waals surface area contributed by atoms with E-state index in [1.165, 1.54) is 36.2 Å². The van der Waals surface area contributed by atoms with Gasteiger partial charge in [-0.1, -0.05) is 6.92 Å². The number of rotatable bonds is 5. The Morgan fingerprint density at radius 2 is 2.10 bits per heavy atom. The van der Waals surface area contributed by atoms with Gasteiger partial charge in [-0.15, -0.1) is 0 Å². The molecule has 0 aromatic carbocycles. The Hall–Kier alpha value is -1.09. The maximum absolute atomic E-state index is 4.88. The summed E-state index contributed by atoms with van der Waals surface area (Å²) in [6, 6.07) is 2.20. The number of anilines is 1. The maximum Gasteiger partial charge on any atom is 0.134 e. The van der Waals surface area contributed by atoms with Gasteiger partial charge in [-0.3, -0.25) is 0 Å². The molecule has 0 amide bonds. The van der Waals surface area contributed by atoms with Crippen LogP contribution in [-0.2, 0) is 6.54 Å². The Balaban J connectivity index is 2.34. The van der Waals surface area contributed by atoms with Crippen LogP contribution in [0.15, 0.2) is 6.07 Å². The Bertz CT molecular complexity index is 466. The molecule has 1 fully saturated rings. The van der Waals surface area contributed by atoms with Gasteiger partial charge in [0.15, 0.2) is 0 Å². The highest BCUT2D eigenvalue weighted by atomic mass is 15.3. The van der Waals surface area contributed by atoms with Gasteiger partial charge < -0.3 is 10.2 Å². The number of aromatic nitrogens is 1. The quantitative estimate of drug-likeness (QED) is 0.833. The van der Waals surface area contributed by atoms with Crippen molar-refractivity contribution < 1.29 is 0 Å². The minimum Gasteiger partial charge on any atom is -0.351 e. The molecule has 3 heteroatoms. The van der Waals surface area contributed by atoms with Crippen LogP contribution in [-0.4, -0.2) is 23.6 Å². The first-order chi connectivity index (χ1) is 9.45. The monoisotopic (exact) mass is 275 g/mol. The Morgan fingerprint density at radius 3 is 2.70 bits per heavy atom. The van der Waals surface area contributed by atoms with Gasteiger partial charge in [-0.05, 0) is 65.1 Å². The Kier molecular flexibility index (Phi) is 4.69. The lowest BCUT2D eigenvalue weighted by Crippen LogP contribution is -2.40. The molecular formula is C17H29N3. The standard InChI is InChI=1S/C17H29N3/c1-6-9-18-12-15-13(2)11-14(3)19-16(15)20-10-7-8-17(20,4)5/h11,18H,6-10,12H2,1-5H3. The third-order valence-electron chi connectivity index (χ3n) is 4.34. The molecule has 1 saturated heterocycles. The Morgan fingerprint density at radius 1 is 1.35 bits per heavy atom. The molecule has 2 rings (SSSR count). The van der Waals surface area contributed by atoms with E-state index in [2.05, 4.69) is 50.9 Å². The van der Waals surface area contributed by atoms with Crippen LogP contribution in [0.4, 0.5) is 5.82 Å². The first-order valence-corrected chi connectivity index (χ1v) is 7.91. The van der Waals surface area contributed by atoms with E-state index in [-0.39, 0.29) is 5.54 Å². The summed E-state index contributed by atoms with van der Waals surface area (Å²) < 4.78 is 0. The van der Waals surface area contributed by atoms with Crippen LogP contribution in [0.25, 0.3) is 0 Å². The van der Waals surface area contributed by atoms with E-state index < -0.39 is 0 Å². The van der Waals surface area contributed by atoms with E-state index >= 15 is 0 Å². The molecular weight excluding hydrogens is 246 g/mol. The van der Waals surface area contributed by atoms with Gasteiger partial charge >= 0.3 is 0 Å². The van der Waals surface area contributed by atoms with Gasteiger partial charge in [0.25, 0.3) is 0 Å². The fraction of sp³-hybridized carbons (Fsp3) is 0.706. The van der Waals surface area contributed by atoms with E-state index in [1.807, 2.05) is 0 Å². The molecule has 0 atom stereocenters. The first-order valence-electron chi connectivity index (χ1n) is 7.91. The molecule has 1 aliphatic rings. The smallest absolute Gasteiger partial charge is 0.134 e. The molecule has 0 radical (unpaired) electrons. The maximum atomic E-state index is 4.88. The van der Waals surface area contributed by atoms with Gasteiger partial charge in [0.1, 0.15) is 5.82 Å². The third kappa shape index (κ3) is 3.14. The molecule has 3 nitrogen and oxygen atoms in total. The van der Waals surface area contributed by atoms with Gasteiger partial charge in [-0.2, -0.15) is 0 Å². The van der Waals surface area contributed by atoms with Crippen LogP contribution < -0.4 is 10.2 Å². The van der Waals surface area contributed by atoms with E-state index in [0.717, 1.165) is 25.3 Å². The van der Waals surface area contributed by atoms with Gasteiger partial charge in [-0.25, -0.2) is 4.98 Å². The van der Waals surface area contributed by atoms with Crippen molar-refractivity contribution in [3.8, 4) is 0 Å². The predicted octanol–water partition coefficient (Wildman–Crippen LogP) is 3.58. The molecule has 1 aromatic rings. The highest BCUT2D eigenvalue weighted by Gasteiger charge is 2.34. The van der Waals surface area contributed by atoms with Gasteiger partial charge in [0.05, 0.1) is 0 Å². The van der Waals surface area contributed by atoms with E-state index in [9.17, 15) is 0 Å². The predicted molar refractivity (Wildman–Crippen MR) is 86.4 cm³/mol. The fourth-order valence-corrected chi connectivity index (χ4v) is 3.18. The molecule has 2 heterocycles. The highest BCUT2D eigenvalue weighted by molar-refractivity contribution is 5.54. The fourth-order valence-electron chi connectivity index (χ4n) is 3.18. The zero-order valence-electron chi connectivity index (χ0n) is 13.7. The van der Waals surface area contributed by atoms with E-state index in [0.29, 0.717) is 0 Å². The largest absolute Gasteiger partial charge is 0.351 e. The summed E-state index contributed by atoms with van der Waals surface area (Å²) in [7, 11) is 0. The molecule has 20 heavy (non-hydrogen) atoms. The SMILES string of the molecule is CCCNCc1c(C)cc(C)nc1N1CCCC1(C)C. The van der Waals surface area contributed by atoms with Crippen LogP contribution >= 0.6 is 0 Å². The first kappa shape index (κ1) is 15.3. The summed E-state index contributed by atoms with van der Waals surface area (Å²) in [5, 5.41) is 3.54. The summed E-state index contributed by atoms with van der Waals surface area (Å²) in [6.45, 7) is 14.3. The molecule has 0 aliphatic carbocycles. The van der Waals surface area contributed by atoms with Gasteiger partial charge in [0.2, 0.25) is 0 Å². The topological polar surface area (TPSA) is 28.2 Å². The number of aryl methyl sites for hydroxylation is 2. The number of hydrogen-bond acceptors (Lipinski definition) is 3. The van der Waals surface area contributed by atoms with Crippen molar-refractivity contribution in [1.29, 1.82) is 0 Å². The summed E-state index contributed by atoms with van der Waals surface area (Å²) in [4.78, 5) is 7.39. The number of nitrogens with zero attached hydrogens (tertiary/aromatic N) is 2. The van der Waals surface area contributed by atoms with Crippen molar-refractivity contribution in [3.05, 3.63) is 22.9 Å². The van der Waals surface area contributed by atoms with Gasteiger partial charge in [0, 0.05) is 29.9 Å². The minimum absolute atomic E-state index is 0.229. The third-order valence-corrected chi connectivity index (χ3v) is 4.34. The lowest BCUT2D eigenvalue weighted by atomic mass is 10.0. The second-order valence-electron chi connectivity index (χ2n) is 6.63. The zero-order valence-corrected chi connectivity index (χ0v) is 13.7. The van der Waals surface area contributed by atoms with Crippen molar-refractivity contribution in [3.63, 3.8) is 0 Å². The van der Waals surface area contributed by atoms with Crippen LogP contribution in [0.5, 0.6) is 0 Å². The molecule has 1 N–H and O–H groups in total. The van der Waals surface area contributed by atoms with Crippen LogP contribution in [0.1, 0.15) is 56.9 Å². The van der Waals surface area contributed by atoms with Crippen molar-refractivity contribution in [2.24, 2.45) is 0 Å². The molecule has 1 aliphatic heterocycles. The second-order valence-corrected chi connectivity index (χ2v) is 6.63. The molecule has 0 spiro atoms. The average Bonchev–Trinajstić information content (AvgIpc) is 2.71. The van der Waals surface area contributed by atoms with Crippen LogP contribution in [0.2, 0.25) is 0 Å². The molecule has 0 unspecified atom stereocenters.